The fourth-order valence-corrected chi connectivity index (χ4v) is 2.79. The van der Waals surface area contributed by atoms with Crippen LogP contribution in [0.2, 0.25) is 5.02 Å². The van der Waals surface area contributed by atoms with Crippen molar-refractivity contribution in [3.8, 4) is 5.75 Å². The molecule has 1 heterocycles. The summed E-state index contributed by atoms with van der Waals surface area (Å²) in [6.45, 7) is 1.87. The smallest absolute Gasteiger partial charge is 0.263 e. The summed E-state index contributed by atoms with van der Waals surface area (Å²) in [5, 5.41) is 19.5. The van der Waals surface area contributed by atoms with Gasteiger partial charge in [-0.2, -0.15) is 0 Å². The number of carbonyl (C=O) groups is 1. The second-order valence-corrected chi connectivity index (χ2v) is 6.00. The topological polar surface area (TPSA) is 70.0 Å². The van der Waals surface area contributed by atoms with Gasteiger partial charge in [0.25, 0.3) is 5.91 Å². The van der Waals surface area contributed by atoms with Crippen LogP contribution in [0.25, 0.3) is 0 Å². The highest BCUT2D eigenvalue weighted by molar-refractivity contribution is 9.10. The van der Waals surface area contributed by atoms with Gasteiger partial charge in [0, 0.05) is 18.1 Å². The first-order valence-corrected chi connectivity index (χ1v) is 7.32. The van der Waals surface area contributed by atoms with Crippen LogP contribution in [0.5, 0.6) is 5.75 Å². The van der Waals surface area contributed by atoms with Crippen LogP contribution in [-0.4, -0.2) is 52.4 Å². The number of nitrogens with zero attached hydrogens (tertiary/aromatic N) is 1. The molecule has 1 unspecified atom stereocenters. The lowest BCUT2D eigenvalue weighted by Gasteiger charge is -2.21. The van der Waals surface area contributed by atoms with E-state index in [0.717, 1.165) is 0 Å². The van der Waals surface area contributed by atoms with Crippen molar-refractivity contribution in [1.29, 1.82) is 0 Å². The molecule has 0 aliphatic carbocycles. The van der Waals surface area contributed by atoms with Crippen LogP contribution in [0.4, 0.5) is 0 Å². The zero-order valence-electron chi connectivity index (χ0n) is 10.8. The molecule has 3 atom stereocenters. The molecule has 2 N–H and O–H groups in total. The van der Waals surface area contributed by atoms with Gasteiger partial charge in [-0.3, -0.25) is 4.79 Å². The van der Waals surface area contributed by atoms with Crippen molar-refractivity contribution in [2.45, 2.75) is 25.2 Å². The van der Waals surface area contributed by atoms with E-state index in [9.17, 15) is 15.0 Å². The molecule has 1 fully saturated rings. The summed E-state index contributed by atoms with van der Waals surface area (Å²) in [6, 6.07) is 5.02. The molecule has 5 nitrogen and oxygen atoms in total. The minimum absolute atomic E-state index is 0.121. The number of benzene rings is 1. The summed E-state index contributed by atoms with van der Waals surface area (Å²) in [5.74, 6) is 0.234. The maximum Gasteiger partial charge on any atom is 0.263 e. The molecular formula is C13H15BrClNO4. The van der Waals surface area contributed by atoms with Gasteiger partial charge in [0.15, 0.2) is 6.10 Å². The van der Waals surface area contributed by atoms with Gasteiger partial charge < -0.3 is 19.8 Å². The minimum Gasteiger partial charge on any atom is -0.480 e. The highest BCUT2D eigenvalue weighted by Crippen LogP contribution is 2.29. The summed E-state index contributed by atoms with van der Waals surface area (Å²) in [4.78, 5) is 13.5. The molecule has 0 radical (unpaired) electrons. The van der Waals surface area contributed by atoms with Crippen molar-refractivity contribution >= 4 is 33.4 Å². The fraction of sp³-hybridized carbons (Fsp3) is 0.462. The summed E-state index contributed by atoms with van der Waals surface area (Å²) >= 11 is 9.15. The number of hydrogen-bond donors (Lipinski definition) is 2. The first-order valence-electron chi connectivity index (χ1n) is 6.15. The maximum absolute atomic E-state index is 12.2. The molecule has 1 aliphatic heterocycles. The number of carbonyl (C=O) groups excluding carboxylic acids is 1. The number of likely N-dealkylation sites (tertiary alicyclic amines) is 1. The standard InChI is InChI=1S/C13H15BrClNO4/c1-7(13(19)16-5-10(17)11(18)6-16)20-12-3-2-8(15)4-9(12)14/h2-4,7,10-11,17-18H,5-6H2,1H3/t7?,10-,11+. The second-order valence-electron chi connectivity index (χ2n) is 4.71. The van der Waals surface area contributed by atoms with E-state index in [1.165, 1.54) is 4.90 Å². The lowest BCUT2D eigenvalue weighted by molar-refractivity contribution is -0.137. The number of halogens is 2. The second kappa shape index (κ2) is 6.30. The predicted octanol–water partition coefficient (Wildman–Crippen LogP) is 1.43. The largest absolute Gasteiger partial charge is 0.480 e. The highest BCUT2D eigenvalue weighted by Gasteiger charge is 2.35. The van der Waals surface area contributed by atoms with Crippen LogP contribution in [0.1, 0.15) is 6.92 Å². The third kappa shape index (κ3) is 3.44. The van der Waals surface area contributed by atoms with Crippen LogP contribution in [0, 0.1) is 0 Å². The van der Waals surface area contributed by atoms with Crippen LogP contribution in [0.3, 0.4) is 0 Å². The normalized spacial score (nSPS) is 23.8. The van der Waals surface area contributed by atoms with Crippen molar-refractivity contribution < 1.29 is 19.7 Å². The van der Waals surface area contributed by atoms with E-state index < -0.39 is 18.3 Å². The molecule has 1 aromatic carbocycles. The van der Waals surface area contributed by atoms with E-state index in [4.69, 9.17) is 16.3 Å². The van der Waals surface area contributed by atoms with Crippen molar-refractivity contribution in [1.82, 2.24) is 4.90 Å². The van der Waals surface area contributed by atoms with Gasteiger partial charge in [0.1, 0.15) is 5.75 Å². The Labute approximate surface area is 130 Å². The molecule has 0 spiro atoms. The number of rotatable bonds is 3. The zero-order valence-corrected chi connectivity index (χ0v) is 13.1. The van der Waals surface area contributed by atoms with Crippen LogP contribution >= 0.6 is 27.5 Å². The SMILES string of the molecule is CC(Oc1ccc(Cl)cc1Br)C(=O)N1C[C@@H](O)[C@@H](O)C1. The quantitative estimate of drug-likeness (QED) is 0.851. The number of hydrogen-bond acceptors (Lipinski definition) is 4. The molecule has 0 aromatic heterocycles. The number of aliphatic hydroxyl groups is 2. The predicted molar refractivity (Wildman–Crippen MR) is 77.8 cm³/mol. The van der Waals surface area contributed by atoms with E-state index in [2.05, 4.69) is 15.9 Å². The molecule has 1 aliphatic rings. The molecule has 1 aromatic rings. The van der Waals surface area contributed by atoms with Crippen LogP contribution in [0.15, 0.2) is 22.7 Å². The molecule has 1 saturated heterocycles. The Bertz CT molecular complexity index is 503. The van der Waals surface area contributed by atoms with Gasteiger partial charge >= 0.3 is 0 Å². The first-order chi connectivity index (χ1) is 9.38. The van der Waals surface area contributed by atoms with Crippen molar-refractivity contribution in [2.24, 2.45) is 0 Å². The summed E-state index contributed by atoms with van der Waals surface area (Å²) in [6.07, 6.45) is -2.51. The van der Waals surface area contributed by atoms with Gasteiger partial charge in [-0.25, -0.2) is 0 Å². The van der Waals surface area contributed by atoms with Crippen molar-refractivity contribution in [2.75, 3.05) is 13.1 Å². The van der Waals surface area contributed by atoms with E-state index in [-0.39, 0.29) is 19.0 Å². The molecule has 110 valence electrons. The third-order valence-electron chi connectivity index (χ3n) is 3.12. The minimum atomic E-state index is -0.895. The van der Waals surface area contributed by atoms with Crippen molar-refractivity contribution in [3.63, 3.8) is 0 Å². The van der Waals surface area contributed by atoms with Gasteiger partial charge in [0.05, 0.1) is 16.7 Å². The average molecular weight is 365 g/mol. The lowest BCUT2D eigenvalue weighted by Crippen LogP contribution is -2.39. The van der Waals surface area contributed by atoms with Gasteiger partial charge in [0.2, 0.25) is 0 Å². The van der Waals surface area contributed by atoms with Crippen LogP contribution < -0.4 is 4.74 Å². The van der Waals surface area contributed by atoms with E-state index in [1.54, 1.807) is 25.1 Å². The fourth-order valence-electron chi connectivity index (χ4n) is 2.02. The number of ether oxygens (including phenoxy) is 1. The molecule has 0 saturated carbocycles. The molecule has 7 heteroatoms. The van der Waals surface area contributed by atoms with Gasteiger partial charge in [-0.05, 0) is 41.1 Å². The van der Waals surface area contributed by atoms with E-state index >= 15 is 0 Å². The molecule has 2 rings (SSSR count). The highest BCUT2D eigenvalue weighted by atomic mass is 79.9. The summed E-state index contributed by atoms with van der Waals surface area (Å²) in [5.41, 5.74) is 0. The molecule has 0 bridgehead atoms. The summed E-state index contributed by atoms with van der Waals surface area (Å²) < 4.78 is 6.24. The molecule has 20 heavy (non-hydrogen) atoms. The Morgan fingerprint density at radius 1 is 1.45 bits per heavy atom. The first kappa shape index (κ1) is 15.6. The Hall–Kier alpha value is -0.820. The number of aliphatic hydroxyl groups excluding tert-OH is 2. The Morgan fingerprint density at radius 3 is 2.60 bits per heavy atom. The Kier molecular flexibility index (Phi) is 4.90. The zero-order chi connectivity index (χ0) is 14.9. The third-order valence-corrected chi connectivity index (χ3v) is 3.97. The molecule has 1 amide bonds. The van der Waals surface area contributed by atoms with E-state index in [1.807, 2.05) is 0 Å². The maximum atomic E-state index is 12.2. The van der Waals surface area contributed by atoms with Crippen molar-refractivity contribution in [3.05, 3.63) is 27.7 Å². The van der Waals surface area contributed by atoms with E-state index in [0.29, 0.717) is 15.2 Å². The Morgan fingerprint density at radius 2 is 2.05 bits per heavy atom. The monoisotopic (exact) mass is 363 g/mol. The number of amides is 1. The lowest BCUT2D eigenvalue weighted by atomic mass is 10.3. The molecular weight excluding hydrogens is 350 g/mol. The summed E-state index contributed by atoms with van der Waals surface area (Å²) in [7, 11) is 0. The number of β-amino-alcohol motifs (C(OH)–C–C–N with tert-alkyl or cyclic N) is 2. The van der Waals surface area contributed by atoms with Crippen LogP contribution in [-0.2, 0) is 4.79 Å². The Balaban J connectivity index is 2.01. The average Bonchev–Trinajstić information content (AvgIpc) is 2.72. The van der Waals surface area contributed by atoms with Gasteiger partial charge in [-0.15, -0.1) is 0 Å². The van der Waals surface area contributed by atoms with Gasteiger partial charge in [-0.1, -0.05) is 11.6 Å².